The van der Waals surface area contributed by atoms with E-state index in [0.717, 1.165) is 18.5 Å². The molecule has 3 nitrogen and oxygen atoms in total. The highest BCUT2D eigenvalue weighted by molar-refractivity contribution is 5.93. The normalized spacial score (nSPS) is 14.1. The van der Waals surface area contributed by atoms with Gasteiger partial charge in [0, 0.05) is 24.9 Å². The zero-order valence-corrected chi connectivity index (χ0v) is 10.1. The van der Waals surface area contributed by atoms with Crippen molar-refractivity contribution in [1.29, 1.82) is 0 Å². The first kappa shape index (κ1) is 11.8. The summed E-state index contributed by atoms with van der Waals surface area (Å²) >= 11 is 0. The Bertz CT molecular complexity index is 452. The van der Waals surface area contributed by atoms with Crippen LogP contribution in [0.1, 0.15) is 37.3 Å². The van der Waals surface area contributed by atoms with Crippen LogP contribution in [0.25, 0.3) is 0 Å². The van der Waals surface area contributed by atoms with Gasteiger partial charge in [0.05, 0.1) is 0 Å². The second-order valence-corrected chi connectivity index (χ2v) is 4.43. The molecule has 90 valence electrons. The molecule has 0 fully saturated rings. The van der Waals surface area contributed by atoms with E-state index in [4.69, 9.17) is 0 Å². The maximum atomic E-state index is 11.3. The van der Waals surface area contributed by atoms with Gasteiger partial charge in [-0.15, -0.1) is 0 Å². The zero-order valence-electron chi connectivity index (χ0n) is 10.1. The zero-order chi connectivity index (χ0) is 12.3. The van der Waals surface area contributed by atoms with Crippen molar-refractivity contribution >= 4 is 17.4 Å². The lowest BCUT2D eigenvalue weighted by Gasteiger charge is -2.17. The predicted octanol–water partition coefficient (Wildman–Crippen LogP) is 2.48. The van der Waals surface area contributed by atoms with Gasteiger partial charge in [-0.25, -0.2) is 0 Å². The van der Waals surface area contributed by atoms with E-state index in [0.29, 0.717) is 25.0 Å². The lowest BCUT2D eigenvalue weighted by Crippen LogP contribution is -2.19. The Morgan fingerprint density at radius 3 is 2.94 bits per heavy atom. The maximum absolute atomic E-state index is 11.3. The number of rotatable bonds is 4. The van der Waals surface area contributed by atoms with Crippen molar-refractivity contribution in [2.45, 2.75) is 39.0 Å². The van der Waals surface area contributed by atoms with Crippen molar-refractivity contribution in [3.8, 4) is 0 Å². The lowest BCUT2D eigenvalue weighted by molar-refractivity contribution is -0.118. The Balaban J connectivity index is 2.06. The molecule has 0 saturated carbocycles. The van der Waals surface area contributed by atoms with Gasteiger partial charge in [0.2, 0.25) is 5.91 Å². The largest absolute Gasteiger partial charge is 0.326 e. The van der Waals surface area contributed by atoms with E-state index in [2.05, 4.69) is 11.4 Å². The van der Waals surface area contributed by atoms with Crippen molar-refractivity contribution < 1.29 is 9.59 Å². The summed E-state index contributed by atoms with van der Waals surface area (Å²) in [5.41, 5.74) is 3.29. The van der Waals surface area contributed by atoms with Gasteiger partial charge >= 0.3 is 0 Å². The molecule has 0 aliphatic carbocycles. The monoisotopic (exact) mass is 231 g/mol. The molecule has 0 spiro atoms. The highest BCUT2D eigenvalue weighted by Crippen LogP contribution is 2.24. The number of fused-ring (bicyclic) bond motifs is 1. The van der Waals surface area contributed by atoms with Gasteiger partial charge in [0.25, 0.3) is 0 Å². The minimum Gasteiger partial charge on any atom is -0.326 e. The fourth-order valence-electron chi connectivity index (χ4n) is 2.05. The summed E-state index contributed by atoms with van der Waals surface area (Å²) in [6, 6.07) is 6.04. The minimum atomic E-state index is 0.0893. The Labute approximate surface area is 101 Å². The van der Waals surface area contributed by atoms with E-state index in [9.17, 15) is 9.59 Å². The van der Waals surface area contributed by atoms with Gasteiger partial charge in [0.15, 0.2) is 0 Å². The first-order chi connectivity index (χ1) is 8.19. The molecule has 17 heavy (non-hydrogen) atoms. The molecule has 1 aliphatic rings. The summed E-state index contributed by atoms with van der Waals surface area (Å²) in [6.07, 6.45) is 3.39. The van der Waals surface area contributed by atoms with Gasteiger partial charge in [-0.1, -0.05) is 19.1 Å². The second-order valence-electron chi connectivity index (χ2n) is 4.43. The molecule has 1 aromatic rings. The van der Waals surface area contributed by atoms with Crippen LogP contribution in [-0.2, 0) is 22.4 Å². The van der Waals surface area contributed by atoms with Crippen LogP contribution >= 0.6 is 0 Å². The Kier molecular flexibility index (Phi) is 3.57. The van der Waals surface area contributed by atoms with Crippen LogP contribution < -0.4 is 5.32 Å². The van der Waals surface area contributed by atoms with Crippen LogP contribution in [0.2, 0.25) is 0 Å². The molecule has 0 unspecified atom stereocenters. The number of amides is 1. The second kappa shape index (κ2) is 5.13. The van der Waals surface area contributed by atoms with Crippen molar-refractivity contribution in [2.75, 3.05) is 5.32 Å². The number of aryl methyl sites for hydroxylation is 2. The highest BCUT2D eigenvalue weighted by Gasteiger charge is 2.14. The Hall–Kier alpha value is -1.64. The summed E-state index contributed by atoms with van der Waals surface area (Å²) in [7, 11) is 0. The average Bonchev–Trinajstić information content (AvgIpc) is 2.35. The van der Waals surface area contributed by atoms with Gasteiger partial charge in [-0.3, -0.25) is 9.59 Å². The molecule has 0 radical (unpaired) electrons. The van der Waals surface area contributed by atoms with Gasteiger partial charge < -0.3 is 5.32 Å². The van der Waals surface area contributed by atoms with Crippen LogP contribution in [-0.4, -0.2) is 11.7 Å². The van der Waals surface area contributed by atoms with Crippen LogP contribution in [0.15, 0.2) is 18.2 Å². The lowest BCUT2D eigenvalue weighted by atomic mass is 9.98. The molecule has 2 rings (SSSR count). The average molecular weight is 231 g/mol. The maximum Gasteiger partial charge on any atom is 0.224 e. The summed E-state index contributed by atoms with van der Waals surface area (Å²) in [4.78, 5) is 22.5. The third-order valence-electron chi connectivity index (χ3n) is 3.15. The van der Waals surface area contributed by atoms with E-state index in [1.165, 1.54) is 11.1 Å². The molecular formula is C14H17NO2. The summed E-state index contributed by atoms with van der Waals surface area (Å²) < 4.78 is 0. The standard InChI is InChI=1S/C14H17NO2/c1-2-12(16)6-3-10-4-7-13-11(9-10)5-8-14(17)15-13/h4,7,9H,2-3,5-6,8H2,1H3,(H,15,17). The number of carbonyl (C=O) groups is 2. The Morgan fingerprint density at radius 1 is 1.35 bits per heavy atom. The topological polar surface area (TPSA) is 46.2 Å². The molecular weight excluding hydrogens is 214 g/mol. The van der Waals surface area contributed by atoms with Gasteiger partial charge in [-0.2, -0.15) is 0 Å². The summed E-state index contributed by atoms with van der Waals surface area (Å²) in [5.74, 6) is 0.391. The van der Waals surface area contributed by atoms with E-state index in [-0.39, 0.29) is 5.91 Å². The fraction of sp³-hybridized carbons (Fsp3) is 0.429. The van der Waals surface area contributed by atoms with Crippen molar-refractivity contribution in [1.82, 2.24) is 0 Å². The van der Waals surface area contributed by atoms with E-state index >= 15 is 0 Å². The predicted molar refractivity (Wildman–Crippen MR) is 67.0 cm³/mol. The van der Waals surface area contributed by atoms with Crippen molar-refractivity contribution in [3.63, 3.8) is 0 Å². The van der Waals surface area contributed by atoms with Crippen LogP contribution in [0.3, 0.4) is 0 Å². The smallest absolute Gasteiger partial charge is 0.224 e. The molecule has 0 bridgehead atoms. The molecule has 1 N–H and O–H groups in total. The third kappa shape index (κ3) is 2.93. The molecule has 1 aromatic carbocycles. The number of anilines is 1. The summed E-state index contributed by atoms with van der Waals surface area (Å²) in [5, 5.41) is 2.86. The molecule has 3 heteroatoms. The molecule has 0 atom stereocenters. The van der Waals surface area contributed by atoms with Crippen molar-refractivity contribution in [3.05, 3.63) is 29.3 Å². The van der Waals surface area contributed by atoms with E-state index in [1.54, 1.807) is 0 Å². The highest BCUT2D eigenvalue weighted by atomic mass is 16.1. The van der Waals surface area contributed by atoms with E-state index in [1.807, 2.05) is 19.1 Å². The number of hydrogen-bond acceptors (Lipinski definition) is 2. The summed E-state index contributed by atoms with van der Waals surface area (Å²) in [6.45, 7) is 1.89. The van der Waals surface area contributed by atoms with Gasteiger partial charge in [0.1, 0.15) is 5.78 Å². The van der Waals surface area contributed by atoms with Crippen molar-refractivity contribution in [2.24, 2.45) is 0 Å². The van der Waals surface area contributed by atoms with Crippen LogP contribution in [0, 0.1) is 0 Å². The number of benzene rings is 1. The molecule has 1 aliphatic heterocycles. The number of nitrogens with one attached hydrogen (secondary N) is 1. The molecule has 1 amide bonds. The molecule has 0 saturated heterocycles. The number of carbonyl (C=O) groups excluding carboxylic acids is 2. The third-order valence-corrected chi connectivity index (χ3v) is 3.15. The fourth-order valence-corrected chi connectivity index (χ4v) is 2.05. The number of hydrogen-bond donors (Lipinski definition) is 1. The van der Waals surface area contributed by atoms with Crippen LogP contribution in [0.4, 0.5) is 5.69 Å². The quantitative estimate of drug-likeness (QED) is 0.865. The molecule has 0 aromatic heterocycles. The van der Waals surface area contributed by atoms with E-state index < -0.39 is 0 Å². The van der Waals surface area contributed by atoms with Gasteiger partial charge in [-0.05, 0) is 30.0 Å². The van der Waals surface area contributed by atoms with Crippen LogP contribution in [0.5, 0.6) is 0 Å². The first-order valence-corrected chi connectivity index (χ1v) is 6.12. The first-order valence-electron chi connectivity index (χ1n) is 6.12. The molecule has 1 heterocycles. The SMILES string of the molecule is CCC(=O)CCc1ccc2c(c1)CCC(=O)N2. The minimum absolute atomic E-state index is 0.0893. The number of ketones is 1. The Morgan fingerprint density at radius 2 is 2.18 bits per heavy atom. The number of Topliss-reactive ketones (excluding diaryl/α,β-unsaturated/α-hetero) is 1.